The molecule has 0 spiro atoms. The van der Waals surface area contributed by atoms with E-state index in [0.29, 0.717) is 36.9 Å². The zero-order valence-electron chi connectivity index (χ0n) is 22.1. The van der Waals surface area contributed by atoms with Crippen molar-refractivity contribution in [2.75, 3.05) is 20.2 Å². The fraction of sp³-hybridized carbons (Fsp3) is 0.481. The van der Waals surface area contributed by atoms with Crippen LogP contribution in [0.15, 0.2) is 28.7 Å². The van der Waals surface area contributed by atoms with Gasteiger partial charge < -0.3 is 29.8 Å². The van der Waals surface area contributed by atoms with E-state index in [0.717, 1.165) is 25.3 Å². The van der Waals surface area contributed by atoms with Crippen LogP contribution in [0.2, 0.25) is 0 Å². The quantitative estimate of drug-likeness (QED) is 0.438. The Kier molecular flexibility index (Phi) is 7.58. The van der Waals surface area contributed by atoms with Crippen LogP contribution in [0.3, 0.4) is 0 Å². The van der Waals surface area contributed by atoms with Crippen molar-refractivity contribution < 1.29 is 36.7 Å². The highest BCUT2D eigenvalue weighted by Gasteiger charge is 2.36. The highest BCUT2D eigenvalue weighted by atomic mass is 19.4. The van der Waals surface area contributed by atoms with E-state index in [-0.39, 0.29) is 46.9 Å². The average Bonchev–Trinajstić information content (AvgIpc) is 3.36. The Bertz CT molecular complexity index is 1410. The Balaban J connectivity index is 1.33. The number of nitrogens with two attached hydrogens (primary N) is 1. The maximum Gasteiger partial charge on any atom is 0.433 e. The maximum atomic E-state index is 13.3. The first-order valence-corrected chi connectivity index (χ1v) is 13.1. The Morgan fingerprint density at radius 1 is 1.12 bits per heavy atom. The number of halogens is 3. The van der Waals surface area contributed by atoms with Gasteiger partial charge in [-0.1, -0.05) is 0 Å². The van der Waals surface area contributed by atoms with E-state index in [4.69, 9.17) is 19.6 Å². The predicted octanol–water partition coefficient (Wildman–Crippen LogP) is 4.82. The summed E-state index contributed by atoms with van der Waals surface area (Å²) in [6.45, 7) is 3.02. The number of rotatable bonds is 6. The van der Waals surface area contributed by atoms with Crippen molar-refractivity contribution in [2.45, 2.75) is 63.4 Å². The molecule has 2 fully saturated rings. The summed E-state index contributed by atoms with van der Waals surface area (Å²) in [5, 5.41) is 3.18. The van der Waals surface area contributed by atoms with E-state index in [1.54, 1.807) is 17.9 Å². The molecular formula is C27H30F3N5O5. The fourth-order valence-electron chi connectivity index (χ4n) is 4.95. The summed E-state index contributed by atoms with van der Waals surface area (Å²) in [5.41, 5.74) is 5.26. The van der Waals surface area contributed by atoms with Gasteiger partial charge in [0.05, 0.1) is 13.2 Å². The molecule has 1 aliphatic heterocycles. The summed E-state index contributed by atoms with van der Waals surface area (Å²) < 4.78 is 56.5. The molecule has 1 aliphatic carbocycles. The topological polar surface area (TPSA) is 133 Å². The molecule has 13 heteroatoms. The Morgan fingerprint density at radius 3 is 2.50 bits per heavy atom. The Hall–Kier alpha value is -3.87. The van der Waals surface area contributed by atoms with E-state index in [2.05, 4.69) is 15.3 Å². The van der Waals surface area contributed by atoms with Crippen LogP contribution in [-0.4, -0.2) is 59.2 Å². The molecule has 214 valence electrons. The molecule has 2 amide bonds. The third-order valence-electron chi connectivity index (χ3n) is 7.15. The molecule has 1 saturated heterocycles. The van der Waals surface area contributed by atoms with Crippen LogP contribution in [0, 0.1) is 0 Å². The number of hydrogen-bond acceptors (Lipinski definition) is 8. The lowest BCUT2D eigenvalue weighted by Crippen LogP contribution is -2.50. The van der Waals surface area contributed by atoms with Crippen LogP contribution in [0.25, 0.3) is 22.4 Å². The number of likely N-dealkylation sites (tertiary alicyclic amines) is 1. The molecule has 5 rings (SSSR count). The van der Waals surface area contributed by atoms with Gasteiger partial charge in [0.25, 0.3) is 5.91 Å². The molecule has 3 aromatic rings. The number of ether oxygens (including phenoxy) is 2. The number of carbonyl (C=O) groups excluding carboxylic acids is 2. The van der Waals surface area contributed by atoms with Gasteiger partial charge in [-0.25, -0.2) is 14.8 Å². The maximum absolute atomic E-state index is 13.3. The molecule has 0 radical (unpaired) electrons. The zero-order chi connectivity index (χ0) is 28.6. The van der Waals surface area contributed by atoms with Crippen molar-refractivity contribution in [3.8, 4) is 17.2 Å². The average molecular weight is 562 g/mol. The summed E-state index contributed by atoms with van der Waals surface area (Å²) in [4.78, 5) is 35.3. The van der Waals surface area contributed by atoms with Gasteiger partial charge in [0.15, 0.2) is 11.5 Å². The number of amides is 2. The number of oxazole rings is 1. The molecule has 1 saturated carbocycles. The molecule has 40 heavy (non-hydrogen) atoms. The number of piperidine rings is 1. The second kappa shape index (κ2) is 11.0. The molecule has 2 aromatic heterocycles. The standard InChI is InChI=1S/C27H30F3N5O5/c1-14(31)23-22(24(36)32-15-12-16(13-15)39-26(37)35-10-4-3-5-11-35)34-25(40-23)18-6-8-19(38-2)21-17(18)7-9-20(33-21)27(28,29)30/h6-9,14-16H,3-5,10-13,31H2,1-2H3,(H,32,36)/t14-,15-,16+/m0/s1. The number of pyridine rings is 1. The number of nitrogens with zero attached hydrogens (tertiary/aromatic N) is 3. The number of hydrogen-bond donors (Lipinski definition) is 2. The summed E-state index contributed by atoms with van der Waals surface area (Å²) in [6.07, 6.45) is -1.25. The van der Waals surface area contributed by atoms with Crippen LogP contribution in [0.5, 0.6) is 5.75 Å². The first-order valence-electron chi connectivity index (χ1n) is 13.1. The van der Waals surface area contributed by atoms with Crippen LogP contribution < -0.4 is 15.8 Å². The minimum absolute atomic E-state index is 0.00797. The predicted molar refractivity (Wildman–Crippen MR) is 138 cm³/mol. The largest absolute Gasteiger partial charge is 0.494 e. The minimum Gasteiger partial charge on any atom is -0.494 e. The minimum atomic E-state index is -4.64. The highest BCUT2D eigenvalue weighted by Crippen LogP contribution is 2.37. The second-order valence-corrected chi connectivity index (χ2v) is 10.1. The van der Waals surface area contributed by atoms with Gasteiger partial charge in [0.1, 0.15) is 23.1 Å². The van der Waals surface area contributed by atoms with Crippen molar-refractivity contribution in [2.24, 2.45) is 5.73 Å². The summed E-state index contributed by atoms with van der Waals surface area (Å²) in [7, 11) is 1.33. The molecule has 3 heterocycles. The number of alkyl halides is 3. The van der Waals surface area contributed by atoms with E-state index in [9.17, 15) is 22.8 Å². The molecule has 1 atom stereocenters. The second-order valence-electron chi connectivity index (χ2n) is 10.1. The Labute approximate surface area is 228 Å². The van der Waals surface area contributed by atoms with Gasteiger partial charge in [-0.2, -0.15) is 13.2 Å². The molecule has 10 nitrogen and oxygen atoms in total. The summed E-state index contributed by atoms with van der Waals surface area (Å²) >= 11 is 0. The monoisotopic (exact) mass is 561 g/mol. The summed E-state index contributed by atoms with van der Waals surface area (Å²) in [5.74, 6) is -0.233. The van der Waals surface area contributed by atoms with Crippen molar-refractivity contribution in [3.05, 3.63) is 41.4 Å². The van der Waals surface area contributed by atoms with E-state index >= 15 is 0 Å². The first-order chi connectivity index (χ1) is 19.0. The van der Waals surface area contributed by atoms with Crippen LogP contribution in [0.1, 0.15) is 67.0 Å². The van der Waals surface area contributed by atoms with Gasteiger partial charge >= 0.3 is 12.3 Å². The first kappa shape index (κ1) is 27.7. The van der Waals surface area contributed by atoms with Crippen molar-refractivity contribution in [1.29, 1.82) is 0 Å². The number of benzene rings is 1. The Morgan fingerprint density at radius 2 is 1.85 bits per heavy atom. The molecule has 2 aliphatic rings. The lowest BCUT2D eigenvalue weighted by Gasteiger charge is -2.36. The highest BCUT2D eigenvalue weighted by molar-refractivity contribution is 5.98. The molecule has 0 bridgehead atoms. The van der Waals surface area contributed by atoms with E-state index in [1.165, 1.54) is 19.2 Å². The van der Waals surface area contributed by atoms with Crippen LogP contribution in [-0.2, 0) is 10.9 Å². The number of methoxy groups -OCH3 is 1. The van der Waals surface area contributed by atoms with Gasteiger partial charge in [-0.3, -0.25) is 4.79 Å². The summed E-state index contributed by atoms with van der Waals surface area (Å²) in [6, 6.07) is 4.24. The third kappa shape index (κ3) is 5.55. The van der Waals surface area contributed by atoms with Gasteiger partial charge in [-0.15, -0.1) is 0 Å². The molecule has 3 N–H and O–H groups in total. The fourth-order valence-corrected chi connectivity index (χ4v) is 4.95. The van der Waals surface area contributed by atoms with E-state index in [1.807, 2.05) is 0 Å². The van der Waals surface area contributed by atoms with E-state index < -0.39 is 23.8 Å². The van der Waals surface area contributed by atoms with Gasteiger partial charge in [-0.05, 0) is 50.5 Å². The SMILES string of the molecule is COc1ccc(-c2nc(C(=O)N[C@H]3C[C@@H](OC(=O)N4CCCCC4)C3)c([C@H](C)N)o2)c2ccc(C(F)(F)F)nc12. The molecule has 1 aromatic carbocycles. The third-order valence-corrected chi connectivity index (χ3v) is 7.15. The lowest BCUT2D eigenvalue weighted by atomic mass is 9.89. The van der Waals surface area contributed by atoms with Crippen LogP contribution in [0.4, 0.5) is 18.0 Å². The van der Waals surface area contributed by atoms with Crippen molar-refractivity contribution >= 4 is 22.9 Å². The number of carbonyl (C=O) groups is 2. The van der Waals surface area contributed by atoms with Gasteiger partial charge in [0, 0.05) is 42.9 Å². The molecular weight excluding hydrogens is 531 g/mol. The van der Waals surface area contributed by atoms with Gasteiger partial charge in [0.2, 0.25) is 5.89 Å². The van der Waals surface area contributed by atoms with Crippen LogP contribution >= 0.6 is 0 Å². The lowest BCUT2D eigenvalue weighted by molar-refractivity contribution is -0.140. The number of aromatic nitrogens is 2. The smallest absolute Gasteiger partial charge is 0.433 e. The number of nitrogens with one attached hydrogen (secondary N) is 1. The number of fused-ring (bicyclic) bond motifs is 1. The normalized spacial score (nSPS) is 20.1. The molecule has 0 unspecified atom stereocenters. The van der Waals surface area contributed by atoms with Crippen molar-refractivity contribution in [3.63, 3.8) is 0 Å². The van der Waals surface area contributed by atoms with Crippen molar-refractivity contribution in [1.82, 2.24) is 20.2 Å². The zero-order valence-corrected chi connectivity index (χ0v) is 22.1.